The van der Waals surface area contributed by atoms with E-state index >= 15 is 0 Å². The highest BCUT2D eigenvalue weighted by Crippen LogP contribution is 2.18. The van der Waals surface area contributed by atoms with Gasteiger partial charge in [-0.2, -0.15) is 0 Å². The Morgan fingerprint density at radius 2 is 1.75 bits per heavy atom. The van der Waals surface area contributed by atoms with E-state index in [2.05, 4.69) is 36.5 Å². The van der Waals surface area contributed by atoms with Crippen molar-refractivity contribution in [2.75, 3.05) is 20.3 Å². The topological polar surface area (TPSA) is 47.6 Å². The van der Waals surface area contributed by atoms with E-state index in [-0.39, 0.29) is 5.91 Å². The average molecular weight is 327 g/mol. The van der Waals surface area contributed by atoms with Gasteiger partial charge in [0.1, 0.15) is 18.1 Å². The smallest absolute Gasteiger partial charge is 0.220 e. The highest BCUT2D eigenvalue weighted by molar-refractivity contribution is 5.76. The minimum absolute atomic E-state index is 0.0452. The third kappa shape index (κ3) is 5.95. The van der Waals surface area contributed by atoms with Crippen molar-refractivity contribution < 1.29 is 14.3 Å². The van der Waals surface area contributed by atoms with Crippen LogP contribution in [0.1, 0.15) is 24.5 Å². The Morgan fingerprint density at radius 1 is 1.04 bits per heavy atom. The van der Waals surface area contributed by atoms with Crippen LogP contribution in [-0.4, -0.2) is 26.2 Å². The number of ether oxygens (including phenoxy) is 2. The number of nitrogens with one attached hydrogen (secondary N) is 1. The second-order valence-electron chi connectivity index (χ2n) is 5.55. The lowest BCUT2D eigenvalue weighted by Gasteiger charge is -2.09. The summed E-state index contributed by atoms with van der Waals surface area (Å²) in [4.78, 5) is 11.9. The Bertz CT molecular complexity index is 638. The first-order chi connectivity index (χ1) is 11.7. The van der Waals surface area contributed by atoms with Gasteiger partial charge in [0.25, 0.3) is 0 Å². The molecule has 0 aliphatic heterocycles. The second-order valence-corrected chi connectivity index (χ2v) is 5.55. The number of aryl methyl sites for hydroxylation is 2. The number of hydrogen-bond donors (Lipinski definition) is 1. The summed E-state index contributed by atoms with van der Waals surface area (Å²) in [5.41, 5.74) is 2.51. The summed E-state index contributed by atoms with van der Waals surface area (Å²) in [6, 6.07) is 15.9. The number of amides is 1. The van der Waals surface area contributed by atoms with Gasteiger partial charge in [-0.1, -0.05) is 37.3 Å². The van der Waals surface area contributed by atoms with E-state index in [0.29, 0.717) is 19.6 Å². The van der Waals surface area contributed by atoms with E-state index in [0.717, 1.165) is 24.3 Å². The van der Waals surface area contributed by atoms with E-state index in [9.17, 15) is 4.79 Å². The maximum absolute atomic E-state index is 11.9. The Labute approximate surface area is 143 Å². The van der Waals surface area contributed by atoms with Crippen molar-refractivity contribution in [2.24, 2.45) is 0 Å². The molecule has 24 heavy (non-hydrogen) atoms. The van der Waals surface area contributed by atoms with Crippen LogP contribution in [0.25, 0.3) is 0 Å². The summed E-state index contributed by atoms with van der Waals surface area (Å²) < 4.78 is 10.7. The van der Waals surface area contributed by atoms with Crippen molar-refractivity contribution >= 4 is 5.91 Å². The molecule has 1 N–H and O–H groups in total. The van der Waals surface area contributed by atoms with Gasteiger partial charge in [0.05, 0.1) is 13.7 Å². The summed E-state index contributed by atoms with van der Waals surface area (Å²) >= 11 is 0. The largest absolute Gasteiger partial charge is 0.497 e. The molecule has 0 saturated carbocycles. The quantitative estimate of drug-likeness (QED) is 0.718. The van der Waals surface area contributed by atoms with Gasteiger partial charge in [-0.05, 0) is 36.1 Å². The summed E-state index contributed by atoms with van der Waals surface area (Å²) in [5.74, 6) is 1.54. The third-order valence-corrected chi connectivity index (χ3v) is 3.81. The van der Waals surface area contributed by atoms with Crippen LogP contribution in [-0.2, 0) is 17.6 Å². The van der Waals surface area contributed by atoms with Gasteiger partial charge in [0.15, 0.2) is 0 Å². The van der Waals surface area contributed by atoms with E-state index in [1.54, 1.807) is 7.11 Å². The van der Waals surface area contributed by atoms with Gasteiger partial charge in [0.2, 0.25) is 5.91 Å². The zero-order valence-corrected chi connectivity index (χ0v) is 14.4. The number of methoxy groups -OCH3 is 1. The molecule has 1 amide bonds. The molecule has 0 saturated heterocycles. The Balaban J connectivity index is 1.63. The number of hydrogen-bond acceptors (Lipinski definition) is 3. The van der Waals surface area contributed by atoms with Gasteiger partial charge in [-0.3, -0.25) is 4.79 Å². The first-order valence-electron chi connectivity index (χ1n) is 8.32. The molecule has 0 radical (unpaired) electrons. The molecule has 0 unspecified atom stereocenters. The van der Waals surface area contributed by atoms with Crippen molar-refractivity contribution in [1.29, 1.82) is 0 Å². The predicted octanol–water partition coefficient (Wildman–Crippen LogP) is 3.39. The zero-order valence-electron chi connectivity index (χ0n) is 14.4. The minimum Gasteiger partial charge on any atom is -0.497 e. The predicted molar refractivity (Wildman–Crippen MR) is 95.6 cm³/mol. The van der Waals surface area contributed by atoms with E-state index < -0.39 is 0 Å². The second kappa shape index (κ2) is 9.60. The lowest BCUT2D eigenvalue weighted by Crippen LogP contribution is -2.28. The van der Waals surface area contributed by atoms with Crippen LogP contribution in [0.15, 0.2) is 48.5 Å². The van der Waals surface area contributed by atoms with Crippen LogP contribution in [0.5, 0.6) is 11.5 Å². The number of carbonyl (C=O) groups excluding carboxylic acids is 1. The normalized spacial score (nSPS) is 10.2. The summed E-state index contributed by atoms with van der Waals surface area (Å²) in [6.07, 6.45) is 2.28. The van der Waals surface area contributed by atoms with E-state index in [1.165, 1.54) is 11.1 Å². The molecule has 0 heterocycles. The zero-order chi connectivity index (χ0) is 17.2. The van der Waals surface area contributed by atoms with Crippen molar-refractivity contribution in [2.45, 2.75) is 26.2 Å². The lowest BCUT2D eigenvalue weighted by molar-refractivity contribution is -0.121. The highest BCUT2D eigenvalue weighted by Gasteiger charge is 2.03. The van der Waals surface area contributed by atoms with Crippen molar-refractivity contribution in [3.8, 4) is 11.5 Å². The van der Waals surface area contributed by atoms with Crippen LogP contribution in [0, 0.1) is 0 Å². The standard InChI is InChI=1S/C20H25NO3/c1-3-16-7-9-17(10-8-16)11-12-20(22)21-13-14-24-19-6-4-5-18(15-19)23-2/h4-10,15H,3,11-14H2,1-2H3,(H,21,22). The SMILES string of the molecule is CCc1ccc(CCC(=O)NCCOc2cccc(OC)c2)cc1. The number of rotatable bonds is 9. The molecule has 0 aliphatic carbocycles. The minimum atomic E-state index is 0.0452. The molecule has 0 fully saturated rings. The molecule has 0 aromatic heterocycles. The molecule has 2 aromatic rings. The molecule has 0 bridgehead atoms. The van der Waals surface area contributed by atoms with Gasteiger partial charge >= 0.3 is 0 Å². The monoisotopic (exact) mass is 327 g/mol. The number of carbonyl (C=O) groups is 1. The van der Waals surface area contributed by atoms with Crippen LogP contribution >= 0.6 is 0 Å². The maximum atomic E-state index is 11.9. The van der Waals surface area contributed by atoms with Gasteiger partial charge in [-0.15, -0.1) is 0 Å². The van der Waals surface area contributed by atoms with Crippen LogP contribution in [0.3, 0.4) is 0 Å². The van der Waals surface area contributed by atoms with Gasteiger partial charge in [-0.25, -0.2) is 0 Å². The van der Waals surface area contributed by atoms with Crippen LogP contribution < -0.4 is 14.8 Å². The molecule has 0 spiro atoms. The fourth-order valence-electron chi connectivity index (χ4n) is 2.34. The first kappa shape index (κ1) is 17.9. The molecule has 4 heteroatoms. The lowest BCUT2D eigenvalue weighted by atomic mass is 10.1. The molecule has 2 aromatic carbocycles. The Kier molecular flexibility index (Phi) is 7.15. The van der Waals surface area contributed by atoms with Gasteiger partial charge in [0, 0.05) is 12.5 Å². The molecular formula is C20H25NO3. The Morgan fingerprint density at radius 3 is 2.46 bits per heavy atom. The molecule has 0 atom stereocenters. The highest BCUT2D eigenvalue weighted by atomic mass is 16.5. The molecule has 128 valence electrons. The van der Waals surface area contributed by atoms with Crippen LogP contribution in [0.4, 0.5) is 0 Å². The third-order valence-electron chi connectivity index (χ3n) is 3.81. The molecule has 2 rings (SSSR count). The van der Waals surface area contributed by atoms with Gasteiger partial charge < -0.3 is 14.8 Å². The number of benzene rings is 2. The van der Waals surface area contributed by atoms with Crippen LogP contribution in [0.2, 0.25) is 0 Å². The summed E-state index contributed by atoms with van der Waals surface area (Å²) in [6.45, 7) is 3.06. The average Bonchev–Trinajstić information content (AvgIpc) is 2.64. The molecular weight excluding hydrogens is 302 g/mol. The molecule has 4 nitrogen and oxygen atoms in total. The van der Waals surface area contributed by atoms with Crippen molar-refractivity contribution in [1.82, 2.24) is 5.32 Å². The summed E-state index contributed by atoms with van der Waals surface area (Å²) in [5, 5.41) is 2.88. The first-order valence-corrected chi connectivity index (χ1v) is 8.32. The summed E-state index contributed by atoms with van der Waals surface area (Å²) in [7, 11) is 1.62. The Hall–Kier alpha value is -2.49. The molecule has 0 aliphatic rings. The van der Waals surface area contributed by atoms with E-state index in [1.807, 2.05) is 24.3 Å². The van der Waals surface area contributed by atoms with E-state index in [4.69, 9.17) is 9.47 Å². The fraction of sp³-hybridized carbons (Fsp3) is 0.350. The fourth-order valence-corrected chi connectivity index (χ4v) is 2.34. The maximum Gasteiger partial charge on any atom is 0.220 e. The van der Waals surface area contributed by atoms with Crippen molar-refractivity contribution in [3.63, 3.8) is 0 Å². The van der Waals surface area contributed by atoms with Crippen molar-refractivity contribution in [3.05, 3.63) is 59.7 Å².